The Balaban J connectivity index is 0.000000167. The third-order valence-electron chi connectivity index (χ3n) is 10.5. The highest BCUT2D eigenvalue weighted by Gasteiger charge is 2.66. The molecule has 5 atom stereocenters. The molecule has 4 aliphatic carbocycles. The highest BCUT2D eigenvalue weighted by molar-refractivity contribution is 7.86. The van der Waals surface area contributed by atoms with Crippen LogP contribution in [0.1, 0.15) is 66.2 Å². The molecule has 0 unspecified atom stereocenters. The van der Waals surface area contributed by atoms with Crippen molar-refractivity contribution in [2.75, 3.05) is 31.1 Å². The first kappa shape index (κ1) is 32.1. The van der Waals surface area contributed by atoms with E-state index in [1.807, 2.05) is 27.7 Å². The predicted octanol–water partition coefficient (Wildman–Crippen LogP) is 1.17. The van der Waals surface area contributed by atoms with Gasteiger partial charge in [0, 0.05) is 32.5 Å². The largest absolute Gasteiger partial charge is 0.480 e. The van der Waals surface area contributed by atoms with Crippen molar-refractivity contribution in [2.24, 2.45) is 33.5 Å². The van der Waals surface area contributed by atoms with Gasteiger partial charge >= 0.3 is 5.97 Å². The lowest BCUT2D eigenvalue weighted by molar-refractivity contribution is -0.139. The average molecular weight is 595 g/mol. The molecule has 0 aromatic carbocycles. The third kappa shape index (κ3) is 6.10. The maximum Gasteiger partial charge on any atom is 0.322 e. The minimum absolute atomic E-state index is 0.0152. The van der Waals surface area contributed by atoms with E-state index in [0.717, 1.165) is 25.9 Å². The molecule has 14 heteroatoms. The van der Waals surface area contributed by atoms with Crippen molar-refractivity contribution in [3.8, 4) is 0 Å². The van der Waals surface area contributed by atoms with Gasteiger partial charge in [0.25, 0.3) is 20.2 Å². The van der Waals surface area contributed by atoms with E-state index in [1.165, 1.54) is 0 Å². The molecule has 224 valence electrons. The van der Waals surface area contributed by atoms with Gasteiger partial charge in [0.15, 0.2) is 0 Å². The standard InChI is InChI=1S/2C10H16O4S.C5H10N2O2/c2*1-9(2)7-3-4-10(9,8(11)5-7)6-15(12,13)14;8-5(9)4-3-6-1-2-7-4/h2*7H,3-6H2,1-2H3,(H,12,13,14);4,6-7H,1-3H2,(H,8,9)/t2*7-,10-;4-/m110/s1. The predicted molar refractivity (Wildman–Crippen MR) is 142 cm³/mol. The number of piperazine rings is 1. The van der Waals surface area contributed by atoms with Crippen molar-refractivity contribution in [1.29, 1.82) is 0 Å². The zero-order valence-corrected chi connectivity index (χ0v) is 24.7. The first-order valence-electron chi connectivity index (χ1n) is 13.3. The lowest BCUT2D eigenvalue weighted by Crippen LogP contribution is -2.52. The molecule has 1 heterocycles. The van der Waals surface area contributed by atoms with Crippen molar-refractivity contribution in [1.82, 2.24) is 10.6 Å². The van der Waals surface area contributed by atoms with E-state index >= 15 is 0 Å². The fourth-order valence-corrected chi connectivity index (χ4v) is 10.3. The molecule has 0 aromatic heterocycles. The van der Waals surface area contributed by atoms with Gasteiger partial charge in [-0.2, -0.15) is 16.8 Å². The molecule has 5 N–H and O–H groups in total. The van der Waals surface area contributed by atoms with Gasteiger partial charge in [-0.1, -0.05) is 27.7 Å². The highest BCUT2D eigenvalue weighted by atomic mass is 32.2. The van der Waals surface area contributed by atoms with Gasteiger partial charge in [0.2, 0.25) is 0 Å². The van der Waals surface area contributed by atoms with Crippen LogP contribution in [-0.4, -0.2) is 85.8 Å². The number of Topliss-reactive ketones (excluding diaryl/α,β-unsaturated/α-hetero) is 2. The molecule has 5 fully saturated rings. The summed E-state index contributed by atoms with van der Waals surface area (Å²) in [5, 5.41) is 14.3. The molecule has 1 saturated heterocycles. The van der Waals surface area contributed by atoms with E-state index in [0.29, 0.717) is 32.2 Å². The molecule has 0 radical (unpaired) electrons. The summed E-state index contributed by atoms with van der Waals surface area (Å²) in [6, 6.07) is -0.390. The Morgan fingerprint density at radius 2 is 1.23 bits per heavy atom. The van der Waals surface area contributed by atoms with Crippen molar-refractivity contribution in [3.63, 3.8) is 0 Å². The van der Waals surface area contributed by atoms with Gasteiger partial charge in [-0.05, 0) is 48.3 Å². The first-order valence-corrected chi connectivity index (χ1v) is 16.5. The fraction of sp³-hybridized carbons (Fsp3) is 0.880. The summed E-state index contributed by atoms with van der Waals surface area (Å²) >= 11 is 0. The van der Waals surface area contributed by atoms with E-state index in [2.05, 4.69) is 10.6 Å². The molecular formula is C25H42N2O10S2. The SMILES string of the molecule is CC1(C)[C@@H]2CC[C@@]1(CS(=O)(=O)O)C(=O)C2.CC1(C)[C@@H]2CC[C@@]1(CS(=O)(=O)O)C(=O)C2.O=C(O)[C@@H]1CNCCN1. The monoisotopic (exact) mass is 594 g/mol. The number of carbonyl (C=O) groups excluding carboxylic acids is 2. The fourth-order valence-electron chi connectivity index (χ4n) is 7.67. The van der Waals surface area contributed by atoms with Crippen LogP contribution < -0.4 is 10.6 Å². The Morgan fingerprint density at radius 3 is 1.44 bits per heavy atom. The number of fused-ring (bicyclic) bond motifs is 4. The molecule has 12 nitrogen and oxygen atoms in total. The van der Waals surface area contributed by atoms with Crippen LogP contribution in [0.4, 0.5) is 0 Å². The van der Waals surface area contributed by atoms with E-state index < -0.39 is 54.6 Å². The Kier molecular flexibility index (Phi) is 8.84. The van der Waals surface area contributed by atoms with Gasteiger partial charge in [-0.15, -0.1) is 0 Å². The van der Waals surface area contributed by atoms with E-state index in [1.54, 1.807) is 0 Å². The molecule has 1 aliphatic heterocycles. The number of hydrogen-bond donors (Lipinski definition) is 5. The summed E-state index contributed by atoms with van der Waals surface area (Å²) in [6.07, 6.45) is 3.94. The summed E-state index contributed by atoms with van der Waals surface area (Å²) in [5.74, 6) is -0.978. The number of carboxylic acids is 1. The molecule has 0 spiro atoms. The van der Waals surface area contributed by atoms with Crippen molar-refractivity contribution < 1.29 is 45.4 Å². The lowest BCUT2D eigenvalue weighted by atomic mass is 9.70. The normalized spacial score (nSPS) is 36.1. The Bertz CT molecular complexity index is 1130. The topological polar surface area (TPSA) is 204 Å². The van der Waals surface area contributed by atoms with Crippen LogP contribution in [0.2, 0.25) is 0 Å². The van der Waals surface area contributed by atoms with Crippen LogP contribution in [0.5, 0.6) is 0 Å². The molecular weight excluding hydrogens is 552 g/mol. The second-order valence-corrected chi connectivity index (χ2v) is 15.7. The van der Waals surface area contributed by atoms with Crippen LogP contribution in [0.25, 0.3) is 0 Å². The van der Waals surface area contributed by atoms with E-state index in [9.17, 15) is 31.2 Å². The average Bonchev–Trinajstić information content (AvgIpc) is 3.31. The summed E-state index contributed by atoms with van der Waals surface area (Å²) in [7, 11) is -8.15. The zero-order chi connectivity index (χ0) is 29.7. The maximum absolute atomic E-state index is 11.9. The number of rotatable bonds is 5. The van der Waals surface area contributed by atoms with Gasteiger partial charge in [0.1, 0.15) is 17.6 Å². The quantitative estimate of drug-likeness (QED) is 0.285. The number of hydrogen-bond acceptors (Lipinski definition) is 9. The molecule has 5 aliphatic rings. The first-order chi connectivity index (χ1) is 17.7. The van der Waals surface area contributed by atoms with Crippen molar-refractivity contribution in [2.45, 2.75) is 72.3 Å². The minimum Gasteiger partial charge on any atom is -0.480 e. The van der Waals surface area contributed by atoms with E-state index in [4.69, 9.17) is 14.2 Å². The molecule has 4 bridgehead atoms. The second-order valence-electron chi connectivity index (χ2n) is 12.8. The number of carbonyl (C=O) groups is 3. The van der Waals surface area contributed by atoms with Crippen molar-refractivity contribution >= 4 is 37.8 Å². The smallest absolute Gasteiger partial charge is 0.322 e. The maximum atomic E-state index is 11.9. The molecule has 4 saturated carbocycles. The van der Waals surface area contributed by atoms with Crippen LogP contribution in [0.3, 0.4) is 0 Å². The number of ketones is 2. The van der Waals surface area contributed by atoms with Crippen molar-refractivity contribution in [3.05, 3.63) is 0 Å². The second kappa shape index (κ2) is 10.8. The van der Waals surface area contributed by atoms with Gasteiger partial charge < -0.3 is 15.7 Å². The summed E-state index contributed by atoms with van der Waals surface area (Å²) in [6.45, 7) is 9.93. The van der Waals surface area contributed by atoms with Crippen LogP contribution >= 0.6 is 0 Å². The van der Waals surface area contributed by atoms with Gasteiger partial charge in [0.05, 0.1) is 22.3 Å². The summed E-state index contributed by atoms with van der Waals surface area (Å²) in [5.41, 5.74) is -2.24. The molecule has 5 rings (SSSR count). The lowest BCUT2D eigenvalue weighted by Gasteiger charge is -2.35. The van der Waals surface area contributed by atoms with Crippen LogP contribution in [0, 0.1) is 33.5 Å². The molecule has 39 heavy (non-hydrogen) atoms. The number of aliphatic carboxylic acids is 1. The molecule has 0 amide bonds. The Morgan fingerprint density at radius 1 is 0.821 bits per heavy atom. The molecule has 0 aromatic rings. The third-order valence-corrected chi connectivity index (χ3v) is 12.2. The van der Waals surface area contributed by atoms with Gasteiger partial charge in [-0.25, -0.2) is 0 Å². The summed E-state index contributed by atoms with van der Waals surface area (Å²) < 4.78 is 62.0. The number of carboxylic acid groups (broad SMARTS) is 1. The zero-order valence-electron chi connectivity index (χ0n) is 23.0. The van der Waals surface area contributed by atoms with Crippen LogP contribution in [-0.2, 0) is 34.6 Å². The Hall–Kier alpha value is -1.45. The van der Waals surface area contributed by atoms with Gasteiger partial charge in [-0.3, -0.25) is 23.5 Å². The van der Waals surface area contributed by atoms with E-state index in [-0.39, 0.29) is 34.2 Å². The Labute approximate surface area is 230 Å². The highest BCUT2D eigenvalue weighted by Crippen LogP contribution is 2.65. The summed E-state index contributed by atoms with van der Waals surface area (Å²) in [4.78, 5) is 34.0. The van der Waals surface area contributed by atoms with Crippen LogP contribution in [0.15, 0.2) is 0 Å². The minimum atomic E-state index is -4.08. The number of nitrogens with one attached hydrogen (secondary N) is 2.